The third-order valence-corrected chi connectivity index (χ3v) is 5.53. The van der Waals surface area contributed by atoms with E-state index in [9.17, 15) is 18.0 Å². The van der Waals surface area contributed by atoms with Gasteiger partial charge in [-0.25, -0.2) is 9.97 Å². The molecule has 0 unspecified atom stereocenters. The minimum atomic E-state index is -4.48. The Morgan fingerprint density at radius 1 is 1.00 bits per heavy atom. The van der Waals surface area contributed by atoms with Crippen LogP contribution in [0.4, 0.5) is 18.9 Å². The number of hydrogen-bond donors (Lipinski definition) is 2. The second kappa shape index (κ2) is 7.74. The molecule has 5 nitrogen and oxygen atoms in total. The summed E-state index contributed by atoms with van der Waals surface area (Å²) in [6.45, 7) is 1.94. The van der Waals surface area contributed by atoms with E-state index in [0.29, 0.717) is 5.56 Å². The largest absolute Gasteiger partial charge is 0.416 e. The molecule has 1 amide bonds. The quantitative estimate of drug-likeness (QED) is 0.339. The van der Waals surface area contributed by atoms with Crippen molar-refractivity contribution in [1.29, 1.82) is 0 Å². The summed E-state index contributed by atoms with van der Waals surface area (Å²) in [5.74, 6) is -0.489. The van der Waals surface area contributed by atoms with Crippen LogP contribution in [0.1, 0.15) is 21.5 Å². The van der Waals surface area contributed by atoms with Gasteiger partial charge in [0, 0.05) is 33.7 Å². The van der Waals surface area contributed by atoms with Gasteiger partial charge in [-0.1, -0.05) is 18.2 Å². The maximum atomic E-state index is 13.0. The number of alkyl halides is 3. The van der Waals surface area contributed by atoms with Gasteiger partial charge in [0.25, 0.3) is 5.91 Å². The normalized spacial score (nSPS) is 11.8. The molecular weight excluding hydrogens is 429 g/mol. The predicted molar refractivity (Wildman–Crippen MR) is 121 cm³/mol. The number of fused-ring (bicyclic) bond motifs is 3. The molecule has 8 heteroatoms. The lowest BCUT2D eigenvalue weighted by Crippen LogP contribution is -2.13. The van der Waals surface area contributed by atoms with Crippen molar-refractivity contribution in [3.05, 3.63) is 89.9 Å². The topological polar surface area (TPSA) is 70.7 Å². The number of anilines is 1. The molecule has 0 bridgehead atoms. The number of H-pyrrole nitrogens is 1. The number of nitrogens with zero attached hydrogens (tertiary/aromatic N) is 2. The van der Waals surface area contributed by atoms with Crippen LogP contribution >= 0.6 is 0 Å². The molecule has 0 saturated carbocycles. The van der Waals surface area contributed by atoms with Crippen molar-refractivity contribution in [2.24, 2.45) is 0 Å². The first-order chi connectivity index (χ1) is 15.8. The molecule has 5 rings (SSSR count). The lowest BCUT2D eigenvalue weighted by atomic mass is 9.96. The lowest BCUT2D eigenvalue weighted by molar-refractivity contribution is -0.137. The molecule has 0 radical (unpaired) electrons. The van der Waals surface area contributed by atoms with Crippen molar-refractivity contribution < 1.29 is 18.0 Å². The van der Waals surface area contributed by atoms with Crippen molar-refractivity contribution in [2.75, 3.05) is 5.32 Å². The fraction of sp³-hybridized carbons (Fsp3) is 0.0800. The first-order valence-electron chi connectivity index (χ1n) is 10.1. The van der Waals surface area contributed by atoms with E-state index in [1.54, 1.807) is 18.3 Å². The van der Waals surface area contributed by atoms with Crippen LogP contribution in [0.25, 0.3) is 33.1 Å². The number of nitrogens with one attached hydrogen (secondary N) is 2. The van der Waals surface area contributed by atoms with Crippen LogP contribution in [0, 0.1) is 6.92 Å². The van der Waals surface area contributed by atoms with E-state index in [4.69, 9.17) is 0 Å². The SMILES string of the molecule is Cc1ccc(C(=O)Nc2cccc(C(F)(F)F)c2)cc1-c1ccc2[nH]c3ncncc3c2c1. The molecule has 2 N–H and O–H groups in total. The van der Waals surface area contributed by atoms with E-state index in [2.05, 4.69) is 20.3 Å². The summed E-state index contributed by atoms with van der Waals surface area (Å²) in [5.41, 5.74) is 3.97. The van der Waals surface area contributed by atoms with Gasteiger partial charge in [0.1, 0.15) is 12.0 Å². The molecule has 0 aliphatic heterocycles. The Morgan fingerprint density at radius 2 is 1.85 bits per heavy atom. The smallest absolute Gasteiger partial charge is 0.339 e. The summed E-state index contributed by atoms with van der Waals surface area (Å²) in [5, 5.41) is 4.41. The highest BCUT2D eigenvalue weighted by Gasteiger charge is 2.30. The van der Waals surface area contributed by atoms with Crippen molar-refractivity contribution in [2.45, 2.75) is 13.1 Å². The van der Waals surface area contributed by atoms with Crippen LogP contribution in [0.5, 0.6) is 0 Å². The van der Waals surface area contributed by atoms with Gasteiger partial charge in [-0.3, -0.25) is 4.79 Å². The van der Waals surface area contributed by atoms with Gasteiger partial charge in [0.2, 0.25) is 0 Å². The minimum absolute atomic E-state index is 0.0807. The highest BCUT2D eigenvalue weighted by atomic mass is 19.4. The molecule has 2 heterocycles. The van der Waals surface area contributed by atoms with Crippen LogP contribution in [0.15, 0.2) is 73.2 Å². The van der Waals surface area contributed by atoms with E-state index in [1.165, 1.54) is 18.5 Å². The zero-order chi connectivity index (χ0) is 23.2. The van der Waals surface area contributed by atoms with E-state index < -0.39 is 17.6 Å². The van der Waals surface area contributed by atoms with Crippen molar-refractivity contribution in [1.82, 2.24) is 15.0 Å². The van der Waals surface area contributed by atoms with Crippen molar-refractivity contribution >= 4 is 33.5 Å². The highest BCUT2D eigenvalue weighted by molar-refractivity contribution is 6.08. The standard InChI is InChI=1S/C25H17F3N4O/c1-14-5-6-16(24(33)31-18-4-2-3-17(11-18)25(26,27)28)10-19(14)15-7-8-22-20(9-15)21-12-29-13-30-23(21)32-22/h2-13H,1H3,(H,31,33)(H,29,30,32). The Hall–Kier alpha value is -4.20. The number of aryl methyl sites for hydroxylation is 1. The van der Waals surface area contributed by atoms with Gasteiger partial charge >= 0.3 is 6.18 Å². The molecular formula is C25H17F3N4O. The maximum Gasteiger partial charge on any atom is 0.416 e. The van der Waals surface area contributed by atoms with Crippen LogP contribution in [0.2, 0.25) is 0 Å². The summed E-state index contributed by atoms with van der Waals surface area (Å²) in [6.07, 6.45) is -1.25. The van der Waals surface area contributed by atoms with Crippen molar-refractivity contribution in [3.8, 4) is 11.1 Å². The second-order valence-electron chi connectivity index (χ2n) is 7.73. The third-order valence-electron chi connectivity index (χ3n) is 5.53. The van der Waals surface area contributed by atoms with E-state index >= 15 is 0 Å². The fourth-order valence-electron chi connectivity index (χ4n) is 3.85. The molecule has 164 valence electrons. The zero-order valence-corrected chi connectivity index (χ0v) is 17.4. The second-order valence-corrected chi connectivity index (χ2v) is 7.73. The number of aromatic nitrogens is 3. The number of carbonyl (C=O) groups is 1. The number of amides is 1. The summed E-state index contributed by atoms with van der Waals surface area (Å²) in [7, 11) is 0. The van der Waals surface area contributed by atoms with Crippen LogP contribution in [-0.4, -0.2) is 20.9 Å². The summed E-state index contributed by atoms with van der Waals surface area (Å²) >= 11 is 0. The number of hydrogen-bond acceptors (Lipinski definition) is 3. The molecule has 0 saturated heterocycles. The predicted octanol–water partition coefficient (Wildman–Crippen LogP) is 6.36. The molecule has 0 aliphatic carbocycles. The number of carbonyl (C=O) groups excluding carboxylic acids is 1. The summed E-state index contributed by atoms with van der Waals surface area (Å²) in [6, 6.07) is 15.7. The Bertz CT molecular complexity index is 1520. The molecule has 0 fully saturated rings. The highest BCUT2D eigenvalue weighted by Crippen LogP contribution is 2.32. The number of rotatable bonds is 3. The number of halogens is 3. The van der Waals surface area contributed by atoms with Gasteiger partial charge in [-0.2, -0.15) is 13.2 Å². The van der Waals surface area contributed by atoms with Crippen LogP contribution in [0.3, 0.4) is 0 Å². The first-order valence-corrected chi connectivity index (χ1v) is 10.1. The van der Waals surface area contributed by atoms with Gasteiger partial charge in [0.05, 0.1) is 5.56 Å². The minimum Gasteiger partial charge on any atom is -0.339 e. The average molecular weight is 446 g/mol. The van der Waals surface area contributed by atoms with Gasteiger partial charge in [-0.15, -0.1) is 0 Å². The number of aromatic amines is 1. The molecule has 33 heavy (non-hydrogen) atoms. The van der Waals surface area contributed by atoms with Crippen LogP contribution < -0.4 is 5.32 Å². The van der Waals surface area contributed by atoms with Gasteiger partial charge in [-0.05, 0) is 66.1 Å². The molecule has 2 aromatic heterocycles. The Morgan fingerprint density at radius 3 is 2.67 bits per heavy atom. The summed E-state index contributed by atoms with van der Waals surface area (Å²) in [4.78, 5) is 24.4. The monoisotopic (exact) mass is 446 g/mol. The first kappa shape index (κ1) is 20.7. The molecule has 5 aromatic rings. The molecule has 0 atom stereocenters. The molecule has 0 aliphatic rings. The average Bonchev–Trinajstić information content (AvgIpc) is 3.17. The molecule has 0 spiro atoms. The van der Waals surface area contributed by atoms with E-state index in [0.717, 1.165) is 50.8 Å². The maximum absolute atomic E-state index is 13.0. The number of benzene rings is 3. The van der Waals surface area contributed by atoms with E-state index in [-0.39, 0.29) is 5.69 Å². The third kappa shape index (κ3) is 3.91. The molecule has 3 aromatic carbocycles. The van der Waals surface area contributed by atoms with Gasteiger partial charge in [0.15, 0.2) is 0 Å². The van der Waals surface area contributed by atoms with Crippen LogP contribution in [-0.2, 0) is 6.18 Å². The Kier molecular flexibility index (Phi) is 4.85. The lowest BCUT2D eigenvalue weighted by Gasteiger charge is -2.12. The summed E-state index contributed by atoms with van der Waals surface area (Å²) < 4.78 is 38.9. The Balaban J connectivity index is 1.50. The fourth-order valence-corrected chi connectivity index (χ4v) is 3.85. The van der Waals surface area contributed by atoms with E-state index in [1.807, 2.05) is 31.2 Å². The van der Waals surface area contributed by atoms with Crippen molar-refractivity contribution in [3.63, 3.8) is 0 Å². The zero-order valence-electron chi connectivity index (χ0n) is 17.4. The Labute approximate surface area is 186 Å². The van der Waals surface area contributed by atoms with Gasteiger partial charge < -0.3 is 10.3 Å².